The third kappa shape index (κ3) is 2.48. The summed E-state index contributed by atoms with van der Waals surface area (Å²) in [6.45, 7) is 0. The maximum Gasteiger partial charge on any atom is 0.227 e. The Kier molecular flexibility index (Phi) is 3.01. The van der Waals surface area contributed by atoms with E-state index < -0.39 is 0 Å². The first kappa shape index (κ1) is 11.9. The summed E-state index contributed by atoms with van der Waals surface area (Å²) in [4.78, 5) is 12.0. The minimum Gasteiger partial charge on any atom is -0.368 e. The number of benzene rings is 2. The minimum atomic E-state index is 0.128. The Hall–Kier alpha value is -2.20. The Morgan fingerprint density at radius 2 is 1.74 bits per heavy atom. The Labute approximate surface area is 115 Å². The van der Waals surface area contributed by atoms with Crippen LogP contribution in [0.2, 0.25) is 5.28 Å². The second-order valence-electron chi connectivity index (χ2n) is 4.19. The molecule has 0 spiro atoms. The zero-order valence-electron chi connectivity index (χ0n) is 10.0. The van der Waals surface area contributed by atoms with Gasteiger partial charge in [-0.3, -0.25) is 0 Å². The molecule has 2 N–H and O–H groups in total. The number of aromatic nitrogens is 3. The third-order valence-corrected chi connectivity index (χ3v) is 3.07. The Bertz CT molecular complexity index is 717. The van der Waals surface area contributed by atoms with Crippen LogP contribution < -0.4 is 5.73 Å². The molecule has 3 rings (SSSR count). The first-order chi connectivity index (χ1) is 9.22. The maximum absolute atomic E-state index is 5.79. The predicted molar refractivity (Wildman–Crippen MR) is 76.0 cm³/mol. The van der Waals surface area contributed by atoms with Crippen LogP contribution in [0.4, 0.5) is 5.95 Å². The molecular weight excluding hydrogens is 260 g/mol. The molecule has 4 nitrogen and oxygen atoms in total. The molecular formula is C14H11ClN4. The number of halogens is 1. The molecule has 0 unspecified atom stereocenters. The molecule has 0 bridgehead atoms. The molecule has 0 saturated heterocycles. The number of nitrogens with two attached hydrogens (primary N) is 1. The van der Waals surface area contributed by atoms with Crippen LogP contribution >= 0.6 is 11.6 Å². The van der Waals surface area contributed by atoms with Gasteiger partial charge >= 0.3 is 0 Å². The van der Waals surface area contributed by atoms with Crippen LogP contribution in [0.3, 0.4) is 0 Å². The van der Waals surface area contributed by atoms with E-state index in [-0.39, 0.29) is 11.2 Å². The molecule has 0 amide bonds. The lowest BCUT2D eigenvalue weighted by Crippen LogP contribution is -2.04. The molecule has 0 atom stereocenters. The molecule has 0 saturated carbocycles. The summed E-state index contributed by atoms with van der Waals surface area (Å²) in [5, 5.41) is 2.50. The van der Waals surface area contributed by atoms with E-state index in [2.05, 4.69) is 39.2 Å². The van der Waals surface area contributed by atoms with Crippen LogP contribution in [0, 0.1) is 0 Å². The Balaban J connectivity index is 2.05. The molecule has 5 heteroatoms. The van der Waals surface area contributed by atoms with Crippen molar-refractivity contribution in [1.29, 1.82) is 0 Å². The number of fused-ring (bicyclic) bond motifs is 1. The maximum atomic E-state index is 5.79. The summed E-state index contributed by atoms with van der Waals surface area (Å²) in [7, 11) is 0. The monoisotopic (exact) mass is 270 g/mol. The highest BCUT2D eigenvalue weighted by molar-refractivity contribution is 6.28. The van der Waals surface area contributed by atoms with Crippen LogP contribution in [-0.4, -0.2) is 15.0 Å². The number of rotatable bonds is 2. The van der Waals surface area contributed by atoms with Gasteiger partial charge in [-0.25, -0.2) is 4.98 Å². The van der Waals surface area contributed by atoms with Gasteiger partial charge in [0.15, 0.2) is 0 Å². The molecule has 3 aromatic rings. The predicted octanol–water partition coefficient (Wildman–Crippen LogP) is 2.85. The van der Waals surface area contributed by atoms with E-state index >= 15 is 0 Å². The van der Waals surface area contributed by atoms with Gasteiger partial charge < -0.3 is 5.73 Å². The van der Waals surface area contributed by atoms with Crippen LogP contribution in [0.5, 0.6) is 0 Å². The molecule has 1 aromatic heterocycles. The van der Waals surface area contributed by atoms with E-state index in [0.29, 0.717) is 12.2 Å². The molecule has 2 aromatic carbocycles. The number of hydrogen-bond acceptors (Lipinski definition) is 4. The third-order valence-electron chi connectivity index (χ3n) is 2.90. The van der Waals surface area contributed by atoms with E-state index in [1.165, 1.54) is 10.8 Å². The van der Waals surface area contributed by atoms with E-state index in [0.717, 1.165) is 5.56 Å². The van der Waals surface area contributed by atoms with E-state index in [1.54, 1.807) is 0 Å². The average Bonchev–Trinajstić information content (AvgIpc) is 2.38. The summed E-state index contributed by atoms with van der Waals surface area (Å²) in [6, 6.07) is 14.3. The van der Waals surface area contributed by atoms with Gasteiger partial charge in [-0.05, 0) is 27.9 Å². The summed E-state index contributed by atoms with van der Waals surface area (Å²) >= 11 is 5.79. The van der Waals surface area contributed by atoms with Crippen molar-refractivity contribution in [3.05, 3.63) is 59.1 Å². The Morgan fingerprint density at radius 1 is 0.947 bits per heavy atom. The number of nitrogens with zero attached hydrogens (tertiary/aromatic N) is 3. The van der Waals surface area contributed by atoms with Crippen molar-refractivity contribution in [3.8, 4) is 0 Å². The van der Waals surface area contributed by atoms with Crippen LogP contribution in [0.15, 0.2) is 42.5 Å². The highest BCUT2D eigenvalue weighted by Gasteiger charge is 2.06. The smallest absolute Gasteiger partial charge is 0.227 e. The zero-order chi connectivity index (χ0) is 13.2. The van der Waals surface area contributed by atoms with Gasteiger partial charge in [0, 0.05) is 6.42 Å². The largest absolute Gasteiger partial charge is 0.368 e. The van der Waals surface area contributed by atoms with Gasteiger partial charge in [0.05, 0.1) is 0 Å². The summed E-state index contributed by atoms with van der Waals surface area (Å²) < 4.78 is 0. The van der Waals surface area contributed by atoms with Crippen molar-refractivity contribution >= 4 is 28.3 Å². The fraction of sp³-hybridized carbons (Fsp3) is 0.0714. The summed E-state index contributed by atoms with van der Waals surface area (Å²) in [6.07, 6.45) is 0.577. The molecule has 0 fully saturated rings. The van der Waals surface area contributed by atoms with Crippen LogP contribution in [-0.2, 0) is 6.42 Å². The lowest BCUT2D eigenvalue weighted by Gasteiger charge is -2.06. The topological polar surface area (TPSA) is 64.7 Å². The van der Waals surface area contributed by atoms with E-state index in [4.69, 9.17) is 17.3 Å². The first-order valence-electron chi connectivity index (χ1n) is 5.85. The molecule has 94 valence electrons. The first-order valence-corrected chi connectivity index (χ1v) is 6.23. The van der Waals surface area contributed by atoms with Crippen LogP contribution in [0.25, 0.3) is 10.8 Å². The van der Waals surface area contributed by atoms with Crippen molar-refractivity contribution in [3.63, 3.8) is 0 Å². The molecule has 0 aliphatic carbocycles. The normalized spacial score (nSPS) is 10.8. The van der Waals surface area contributed by atoms with Crippen molar-refractivity contribution in [2.24, 2.45) is 0 Å². The van der Waals surface area contributed by atoms with Gasteiger partial charge in [-0.1, -0.05) is 42.5 Å². The SMILES string of the molecule is Nc1nc(Cl)nc(Cc2cccc3ccccc23)n1. The quantitative estimate of drug-likeness (QED) is 0.778. The molecule has 0 radical (unpaired) electrons. The van der Waals surface area contributed by atoms with Gasteiger partial charge in [0.25, 0.3) is 0 Å². The highest BCUT2D eigenvalue weighted by Crippen LogP contribution is 2.20. The van der Waals surface area contributed by atoms with E-state index in [1.807, 2.05) is 18.2 Å². The van der Waals surface area contributed by atoms with Crippen molar-refractivity contribution in [2.75, 3.05) is 5.73 Å². The van der Waals surface area contributed by atoms with E-state index in [9.17, 15) is 0 Å². The van der Waals surface area contributed by atoms with Gasteiger partial charge in [-0.15, -0.1) is 0 Å². The fourth-order valence-electron chi connectivity index (χ4n) is 2.10. The molecule has 0 aliphatic heterocycles. The number of anilines is 1. The van der Waals surface area contributed by atoms with Gasteiger partial charge in [0.1, 0.15) is 5.82 Å². The standard InChI is InChI=1S/C14H11ClN4/c15-13-17-12(18-14(16)19-13)8-10-6-3-5-9-4-1-2-7-11(9)10/h1-7H,8H2,(H2,16,17,18,19). The molecule has 19 heavy (non-hydrogen) atoms. The van der Waals surface area contributed by atoms with Crippen molar-refractivity contribution in [1.82, 2.24) is 15.0 Å². The minimum absolute atomic E-state index is 0.128. The lowest BCUT2D eigenvalue weighted by atomic mass is 10.0. The van der Waals surface area contributed by atoms with Crippen molar-refractivity contribution in [2.45, 2.75) is 6.42 Å². The summed E-state index contributed by atoms with van der Waals surface area (Å²) in [5.74, 6) is 0.726. The van der Waals surface area contributed by atoms with Crippen LogP contribution in [0.1, 0.15) is 11.4 Å². The average molecular weight is 271 g/mol. The lowest BCUT2D eigenvalue weighted by molar-refractivity contribution is 0.933. The van der Waals surface area contributed by atoms with Gasteiger partial charge in [0.2, 0.25) is 11.2 Å². The molecule has 0 aliphatic rings. The van der Waals surface area contributed by atoms with Crippen molar-refractivity contribution < 1.29 is 0 Å². The molecule has 1 heterocycles. The zero-order valence-corrected chi connectivity index (χ0v) is 10.8. The summed E-state index contributed by atoms with van der Waals surface area (Å²) in [5.41, 5.74) is 6.72. The Morgan fingerprint density at radius 3 is 2.58 bits per heavy atom. The highest BCUT2D eigenvalue weighted by atomic mass is 35.5. The van der Waals surface area contributed by atoms with Gasteiger partial charge in [-0.2, -0.15) is 9.97 Å². The number of nitrogen functional groups attached to an aromatic ring is 1. The fourth-order valence-corrected chi connectivity index (χ4v) is 2.29. The number of hydrogen-bond donors (Lipinski definition) is 1. The second kappa shape index (κ2) is 4.82. The second-order valence-corrected chi connectivity index (χ2v) is 4.53.